The van der Waals surface area contributed by atoms with Gasteiger partial charge in [-0.2, -0.15) is 0 Å². The SMILES string of the molecule is COc1ccc2c(c1)[C@]1(N)CCCC[C@@H]1C[C@H]2C(=O)O. The van der Waals surface area contributed by atoms with Crippen LogP contribution < -0.4 is 10.5 Å². The van der Waals surface area contributed by atoms with Crippen LogP contribution in [0.25, 0.3) is 0 Å². The molecule has 1 fully saturated rings. The molecule has 3 rings (SSSR count). The van der Waals surface area contributed by atoms with Crippen molar-refractivity contribution in [3.8, 4) is 5.75 Å². The zero-order valence-corrected chi connectivity index (χ0v) is 11.8. The Morgan fingerprint density at radius 2 is 2.25 bits per heavy atom. The summed E-state index contributed by atoms with van der Waals surface area (Å²) in [5.74, 6) is -0.166. The molecule has 1 aromatic rings. The Morgan fingerprint density at radius 3 is 2.95 bits per heavy atom. The summed E-state index contributed by atoms with van der Waals surface area (Å²) in [5.41, 5.74) is 8.19. The first-order valence-electron chi connectivity index (χ1n) is 7.26. The number of aliphatic carboxylic acids is 1. The summed E-state index contributed by atoms with van der Waals surface area (Å²) in [4.78, 5) is 11.6. The predicted molar refractivity (Wildman–Crippen MR) is 75.8 cm³/mol. The Bertz CT molecular complexity index is 543. The second-order valence-electron chi connectivity index (χ2n) is 6.06. The van der Waals surface area contributed by atoms with Gasteiger partial charge in [0.2, 0.25) is 0 Å². The standard InChI is InChI=1S/C16H21NO3/c1-20-11-5-6-12-13(15(18)19)8-10-4-2-3-7-16(10,17)14(12)9-11/h5-6,9-10,13H,2-4,7-8,17H2,1H3,(H,18,19)/t10-,13-,16+/m1/s1. The van der Waals surface area contributed by atoms with Crippen molar-refractivity contribution in [2.75, 3.05) is 7.11 Å². The molecule has 0 aliphatic heterocycles. The Morgan fingerprint density at radius 1 is 1.45 bits per heavy atom. The number of methoxy groups -OCH3 is 1. The van der Waals surface area contributed by atoms with Crippen molar-refractivity contribution in [2.45, 2.75) is 43.6 Å². The molecule has 4 nitrogen and oxygen atoms in total. The topological polar surface area (TPSA) is 72.5 Å². The highest BCUT2D eigenvalue weighted by molar-refractivity contribution is 5.77. The molecule has 0 amide bonds. The molecule has 20 heavy (non-hydrogen) atoms. The maximum atomic E-state index is 11.6. The van der Waals surface area contributed by atoms with Crippen LogP contribution in [0.15, 0.2) is 18.2 Å². The molecule has 0 radical (unpaired) electrons. The molecule has 0 spiro atoms. The van der Waals surface area contributed by atoms with E-state index in [1.807, 2.05) is 18.2 Å². The average molecular weight is 275 g/mol. The number of fused-ring (bicyclic) bond motifs is 3. The van der Waals surface area contributed by atoms with E-state index in [9.17, 15) is 9.90 Å². The molecule has 0 heterocycles. The number of hydrogen-bond acceptors (Lipinski definition) is 3. The molecule has 4 heteroatoms. The van der Waals surface area contributed by atoms with E-state index in [4.69, 9.17) is 10.5 Å². The molecule has 0 aromatic heterocycles. The average Bonchev–Trinajstić information content (AvgIpc) is 2.45. The summed E-state index contributed by atoms with van der Waals surface area (Å²) in [6.07, 6.45) is 4.88. The zero-order chi connectivity index (χ0) is 14.3. The van der Waals surface area contributed by atoms with Crippen molar-refractivity contribution in [3.05, 3.63) is 29.3 Å². The van der Waals surface area contributed by atoms with Crippen LogP contribution in [-0.4, -0.2) is 18.2 Å². The number of ether oxygens (including phenoxy) is 1. The molecule has 0 saturated heterocycles. The van der Waals surface area contributed by atoms with Crippen LogP contribution in [0, 0.1) is 5.92 Å². The Hall–Kier alpha value is -1.55. The minimum atomic E-state index is -0.746. The van der Waals surface area contributed by atoms with Crippen molar-refractivity contribution in [1.29, 1.82) is 0 Å². The van der Waals surface area contributed by atoms with Gasteiger partial charge in [-0.15, -0.1) is 0 Å². The van der Waals surface area contributed by atoms with Crippen LogP contribution in [0.4, 0.5) is 0 Å². The number of hydrogen-bond donors (Lipinski definition) is 2. The van der Waals surface area contributed by atoms with E-state index in [0.29, 0.717) is 6.42 Å². The van der Waals surface area contributed by atoms with Gasteiger partial charge >= 0.3 is 5.97 Å². The lowest BCUT2D eigenvalue weighted by Crippen LogP contribution is -2.50. The third-order valence-corrected chi connectivity index (χ3v) is 5.08. The van der Waals surface area contributed by atoms with Crippen LogP contribution in [0.5, 0.6) is 5.75 Å². The van der Waals surface area contributed by atoms with Crippen molar-refractivity contribution < 1.29 is 14.6 Å². The van der Waals surface area contributed by atoms with Crippen LogP contribution >= 0.6 is 0 Å². The third kappa shape index (κ3) is 1.90. The van der Waals surface area contributed by atoms with Crippen molar-refractivity contribution in [1.82, 2.24) is 0 Å². The van der Waals surface area contributed by atoms with Gasteiger partial charge < -0.3 is 15.6 Å². The van der Waals surface area contributed by atoms with Gasteiger partial charge in [0.15, 0.2) is 0 Å². The molecule has 0 unspecified atom stereocenters. The summed E-state index contributed by atoms with van der Waals surface area (Å²) in [6, 6.07) is 5.66. The number of rotatable bonds is 2. The molecule has 108 valence electrons. The van der Waals surface area contributed by atoms with Gasteiger partial charge in [-0.1, -0.05) is 18.9 Å². The monoisotopic (exact) mass is 275 g/mol. The highest BCUT2D eigenvalue weighted by atomic mass is 16.5. The van der Waals surface area contributed by atoms with E-state index < -0.39 is 11.9 Å². The summed E-state index contributed by atoms with van der Waals surface area (Å²) < 4.78 is 5.30. The van der Waals surface area contributed by atoms with E-state index in [2.05, 4.69) is 0 Å². The highest BCUT2D eigenvalue weighted by Gasteiger charge is 2.47. The molecule has 3 N–H and O–H groups in total. The predicted octanol–water partition coefficient (Wildman–Crippen LogP) is 2.61. The summed E-state index contributed by atoms with van der Waals surface area (Å²) >= 11 is 0. The fourth-order valence-corrected chi connectivity index (χ4v) is 3.97. The molecule has 0 bridgehead atoms. The van der Waals surface area contributed by atoms with Crippen molar-refractivity contribution >= 4 is 5.97 Å². The number of carbonyl (C=O) groups is 1. The normalized spacial score (nSPS) is 32.1. The smallest absolute Gasteiger partial charge is 0.310 e. The van der Waals surface area contributed by atoms with Gasteiger partial charge in [0.25, 0.3) is 0 Å². The molecular weight excluding hydrogens is 254 g/mol. The van der Waals surface area contributed by atoms with Crippen LogP contribution in [0.1, 0.15) is 49.1 Å². The quantitative estimate of drug-likeness (QED) is 0.870. The first-order valence-corrected chi connectivity index (χ1v) is 7.26. The van der Waals surface area contributed by atoms with E-state index in [-0.39, 0.29) is 11.5 Å². The second kappa shape index (κ2) is 4.77. The number of carboxylic acid groups (broad SMARTS) is 1. The summed E-state index contributed by atoms with van der Waals surface area (Å²) in [7, 11) is 1.63. The largest absolute Gasteiger partial charge is 0.497 e. The molecule has 2 aliphatic rings. The molecular formula is C16H21NO3. The molecule has 1 aromatic carbocycles. The minimum absolute atomic E-state index is 0.261. The highest BCUT2D eigenvalue weighted by Crippen LogP contribution is 2.51. The minimum Gasteiger partial charge on any atom is -0.497 e. The van der Waals surface area contributed by atoms with E-state index in [1.165, 1.54) is 0 Å². The molecule has 3 atom stereocenters. The lowest BCUT2D eigenvalue weighted by Gasteiger charge is -2.47. The Balaban J connectivity index is 2.15. The fourth-order valence-electron chi connectivity index (χ4n) is 3.97. The molecule has 2 aliphatic carbocycles. The lowest BCUT2D eigenvalue weighted by atomic mass is 9.60. The van der Waals surface area contributed by atoms with E-state index in [1.54, 1.807) is 7.11 Å². The Kier molecular flexibility index (Phi) is 3.21. The molecule has 1 saturated carbocycles. The number of carboxylic acids is 1. The van der Waals surface area contributed by atoms with Crippen molar-refractivity contribution in [3.63, 3.8) is 0 Å². The van der Waals surface area contributed by atoms with Gasteiger partial charge in [0, 0.05) is 5.54 Å². The first-order chi connectivity index (χ1) is 9.56. The zero-order valence-electron chi connectivity index (χ0n) is 11.8. The maximum absolute atomic E-state index is 11.6. The third-order valence-electron chi connectivity index (χ3n) is 5.08. The lowest BCUT2D eigenvalue weighted by molar-refractivity contribution is -0.139. The van der Waals surface area contributed by atoms with Gasteiger partial charge in [-0.25, -0.2) is 0 Å². The summed E-state index contributed by atoms with van der Waals surface area (Å²) in [5, 5.41) is 9.51. The van der Waals surface area contributed by atoms with Crippen LogP contribution in [-0.2, 0) is 10.3 Å². The van der Waals surface area contributed by atoms with E-state index >= 15 is 0 Å². The van der Waals surface area contributed by atoms with Crippen LogP contribution in [0.2, 0.25) is 0 Å². The van der Waals surface area contributed by atoms with Crippen molar-refractivity contribution in [2.24, 2.45) is 11.7 Å². The number of benzene rings is 1. The second-order valence-corrected chi connectivity index (χ2v) is 6.06. The fraction of sp³-hybridized carbons (Fsp3) is 0.562. The van der Waals surface area contributed by atoms with Gasteiger partial charge in [-0.3, -0.25) is 4.79 Å². The van der Waals surface area contributed by atoms with Gasteiger partial charge in [0.05, 0.1) is 13.0 Å². The number of nitrogens with two attached hydrogens (primary N) is 1. The van der Waals surface area contributed by atoms with Gasteiger partial charge in [-0.05, 0) is 48.4 Å². The van der Waals surface area contributed by atoms with Crippen LogP contribution in [0.3, 0.4) is 0 Å². The first kappa shape index (κ1) is 13.4. The summed E-state index contributed by atoms with van der Waals surface area (Å²) in [6.45, 7) is 0. The maximum Gasteiger partial charge on any atom is 0.310 e. The Labute approximate surface area is 118 Å². The van der Waals surface area contributed by atoms with Gasteiger partial charge in [0.1, 0.15) is 5.75 Å². The van der Waals surface area contributed by atoms with E-state index in [0.717, 1.165) is 42.6 Å².